The number of thiophene rings is 1. The van der Waals surface area contributed by atoms with E-state index in [0.29, 0.717) is 0 Å². The number of anilines is 3. The minimum atomic E-state index is 1.03. The molecule has 0 amide bonds. The number of thiol groups is 1. The van der Waals surface area contributed by atoms with Gasteiger partial charge in [0, 0.05) is 21.9 Å². The first-order valence-corrected chi connectivity index (χ1v) is 10.0. The molecule has 1 aromatic heterocycles. The molecule has 0 fully saturated rings. The molecule has 0 radical (unpaired) electrons. The van der Waals surface area contributed by atoms with E-state index in [2.05, 4.69) is 109 Å². The van der Waals surface area contributed by atoms with Gasteiger partial charge in [0.15, 0.2) is 0 Å². The van der Waals surface area contributed by atoms with E-state index in [4.69, 9.17) is 0 Å². The second-order valence-electron chi connectivity index (χ2n) is 6.11. The zero-order valence-electron chi connectivity index (χ0n) is 14.7. The Morgan fingerprint density at radius 2 is 1.15 bits per heavy atom. The van der Waals surface area contributed by atoms with Crippen LogP contribution in [0.25, 0.3) is 12.2 Å². The van der Waals surface area contributed by atoms with Gasteiger partial charge in [-0.05, 0) is 60.2 Å². The van der Waals surface area contributed by atoms with Gasteiger partial charge in [-0.25, -0.2) is 0 Å². The lowest BCUT2D eigenvalue weighted by atomic mass is 10.1. The zero-order valence-corrected chi connectivity index (χ0v) is 16.4. The summed E-state index contributed by atoms with van der Waals surface area (Å²) in [6.07, 6.45) is 4.27. The molecule has 1 heterocycles. The van der Waals surface area contributed by atoms with Crippen molar-refractivity contribution in [3.05, 3.63) is 108 Å². The molecule has 3 heteroatoms. The van der Waals surface area contributed by atoms with Crippen LogP contribution < -0.4 is 4.90 Å². The first-order valence-electron chi connectivity index (χ1n) is 8.77. The maximum atomic E-state index is 4.37. The standard InChI is InChI=1S/C24H19NS2/c26-24-18-17-23(27-24)16-13-19-11-14-22(15-12-19)25(20-7-3-1-4-8-20)21-9-5-2-6-10-21/h1-18,26H/b16-13+. The van der Waals surface area contributed by atoms with E-state index < -0.39 is 0 Å². The quantitative estimate of drug-likeness (QED) is 0.345. The van der Waals surface area contributed by atoms with Crippen molar-refractivity contribution in [1.29, 1.82) is 0 Å². The van der Waals surface area contributed by atoms with Gasteiger partial charge in [0.25, 0.3) is 0 Å². The van der Waals surface area contributed by atoms with Crippen LogP contribution in [0.15, 0.2) is 101 Å². The Bertz CT molecular complexity index is 979. The fourth-order valence-corrected chi connectivity index (χ4v) is 3.99. The molecule has 0 aliphatic carbocycles. The molecule has 132 valence electrons. The lowest BCUT2D eigenvalue weighted by Crippen LogP contribution is -2.09. The van der Waals surface area contributed by atoms with E-state index in [9.17, 15) is 0 Å². The molecule has 0 bridgehead atoms. The van der Waals surface area contributed by atoms with Crippen molar-refractivity contribution in [2.45, 2.75) is 4.21 Å². The first kappa shape index (κ1) is 17.7. The topological polar surface area (TPSA) is 3.24 Å². The molecular weight excluding hydrogens is 366 g/mol. The minimum Gasteiger partial charge on any atom is -0.311 e. The highest BCUT2D eigenvalue weighted by Gasteiger charge is 2.11. The van der Waals surface area contributed by atoms with E-state index >= 15 is 0 Å². The summed E-state index contributed by atoms with van der Waals surface area (Å²) in [5.41, 5.74) is 4.60. The number of hydrogen-bond donors (Lipinski definition) is 1. The fraction of sp³-hybridized carbons (Fsp3) is 0. The molecule has 0 spiro atoms. The SMILES string of the molecule is Sc1ccc(/C=C/c2ccc(N(c3ccccc3)c3ccccc3)cc2)s1. The van der Waals surface area contributed by atoms with Gasteiger partial charge in [-0.1, -0.05) is 54.6 Å². The molecule has 0 saturated carbocycles. The molecule has 4 rings (SSSR count). The molecule has 1 nitrogen and oxygen atoms in total. The van der Waals surface area contributed by atoms with Crippen LogP contribution in [0, 0.1) is 0 Å². The van der Waals surface area contributed by atoms with Crippen LogP contribution in [0.3, 0.4) is 0 Å². The van der Waals surface area contributed by atoms with E-state index in [0.717, 1.165) is 21.3 Å². The van der Waals surface area contributed by atoms with Crippen molar-refractivity contribution in [3.8, 4) is 0 Å². The smallest absolute Gasteiger partial charge is 0.0574 e. The normalized spacial score (nSPS) is 11.0. The van der Waals surface area contributed by atoms with Crippen LogP contribution in [0.2, 0.25) is 0 Å². The Morgan fingerprint density at radius 1 is 0.593 bits per heavy atom. The third-order valence-corrected chi connectivity index (χ3v) is 5.51. The highest BCUT2D eigenvalue weighted by atomic mass is 32.2. The summed E-state index contributed by atoms with van der Waals surface area (Å²) < 4.78 is 1.03. The molecule has 0 unspecified atom stereocenters. The Labute approximate surface area is 169 Å². The highest BCUT2D eigenvalue weighted by molar-refractivity contribution is 7.82. The van der Waals surface area contributed by atoms with Crippen LogP contribution in [0.4, 0.5) is 17.1 Å². The van der Waals surface area contributed by atoms with E-state index in [1.54, 1.807) is 11.3 Å². The maximum absolute atomic E-state index is 4.37. The predicted molar refractivity (Wildman–Crippen MR) is 122 cm³/mol. The molecule has 0 aliphatic rings. The lowest BCUT2D eigenvalue weighted by Gasteiger charge is -2.25. The van der Waals surface area contributed by atoms with Gasteiger partial charge in [-0.2, -0.15) is 0 Å². The summed E-state index contributed by atoms with van der Waals surface area (Å²) in [6.45, 7) is 0. The van der Waals surface area contributed by atoms with E-state index in [1.807, 2.05) is 18.2 Å². The molecule has 0 saturated heterocycles. The lowest BCUT2D eigenvalue weighted by molar-refractivity contribution is 1.28. The van der Waals surface area contributed by atoms with Gasteiger partial charge < -0.3 is 4.90 Å². The Hall–Kier alpha value is -2.75. The summed E-state index contributed by atoms with van der Waals surface area (Å²) in [4.78, 5) is 3.47. The Kier molecular flexibility index (Phi) is 5.42. The first-order chi connectivity index (χ1) is 13.3. The molecule has 0 N–H and O–H groups in total. The van der Waals surface area contributed by atoms with Crippen LogP contribution in [-0.2, 0) is 0 Å². The molecule has 27 heavy (non-hydrogen) atoms. The average molecular weight is 386 g/mol. The van der Waals surface area contributed by atoms with Gasteiger partial charge in [-0.15, -0.1) is 24.0 Å². The number of para-hydroxylation sites is 2. The zero-order chi connectivity index (χ0) is 18.5. The summed E-state index contributed by atoms with van der Waals surface area (Å²) >= 11 is 6.05. The van der Waals surface area contributed by atoms with Crippen molar-refractivity contribution in [3.63, 3.8) is 0 Å². The van der Waals surface area contributed by atoms with Crippen LogP contribution in [0.5, 0.6) is 0 Å². The summed E-state index contributed by atoms with van der Waals surface area (Å²) in [6, 6.07) is 33.6. The molecule has 4 aromatic rings. The molecule has 0 atom stereocenters. The molecule has 3 aromatic carbocycles. The van der Waals surface area contributed by atoms with Crippen LogP contribution in [-0.4, -0.2) is 0 Å². The second-order valence-corrected chi connectivity index (χ2v) is 8.01. The van der Waals surface area contributed by atoms with Crippen molar-refractivity contribution in [1.82, 2.24) is 0 Å². The third kappa shape index (κ3) is 4.33. The monoisotopic (exact) mass is 385 g/mol. The largest absolute Gasteiger partial charge is 0.311 e. The van der Waals surface area contributed by atoms with Gasteiger partial charge >= 0.3 is 0 Å². The average Bonchev–Trinajstić information content (AvgIpc) is 3.14. The van der Waals surface area contributed by atoms with Crippen LogP contribution in [0.1, 0.15) is 10.4 Å². The number of rotatable bonds is 5. The van der Waals surface area contributed by atoms with Crippen molar-refractivity contribution in [2.75, 3.05) is 4.90 Å². The summed E-state index contributed by atoms with van der Waals surface area (Å²) in [5, 5.41) is 0. The summed E-state index contributed by atoms with van der Waals surface area (Å²) in [7, 11) is 0. The second kappa shape index (κ2) is 8.30. The van der Waals surface area contributed by atoms with Gasteiger partial charge in [0.2, 0.25) is 0 Å². The highest BCUT2D eigenvalue weighted by Crippen LogP contribution is 2.34. The number of hydrogen-bond acceptors (Lipinski definition) is 3. The van der Waals surface area contributed by atoms with Crippen molar-refractivity contribution < 1.29 is 0 Å². The predicted octanol–water partition coefficient (Wildman–Crippen LogP) is 7.68. The maximum Gasteiger partial charge on any atom is 0.0574 e. The minimum absolute atomic E-state index is 1.03. The van der Waals surface area contributed by atoms with E-state index in [-0.39, 0.29) is 0 Å². The summed E-state index contributed by atoms with van der Waals surface area (Å²) in [5.74, 6) is 0. The van der Waals surface area contributed by atoms with E-state index in [1.165, 1.54) is 10.4 Å². The number of benzene rings is 3. The van der Waals surface area contributed by atoms with Crippen molar-refractivity contribution >= 4 is 53.2 Å². The Balaban J connectivity index is 1.64. The van der Waals surface area contributed by atoms with Crippen LogP contribution >= 0.6 is 24.0 Å². The van der Waals surface area contributed by atoms with Gasteiger partial charge in [0.05, 0.1) is 4.21 Å². The van der Waals surface area contributed by atoms with Gasteiger partial charge in [0.1, 0.15) is 0 Å². The Morgan fingerprint density at radius 3 is 1.67 bits per heavy atom. The third-order valence-electron chi connectivity index (χ3n) is 4.23. The number of nitrogens with zero attached hydrogens (tertiary/aromatic N) is 1. The van der Waals surface area contributed by atoms with Gasteiger partial charge in [-0.3, -0.25) is 0 Å². The fourth-order valence-electron chi connectivity index (χ4n) is 2.95. The molecular formula is C24H19NS2. The molecule has 0 aliphatic heterocycles. The van der Waals surface area contributed by atoms with Crippen molar-refractivity contribution in [2.24, 2.45) is 0 Å².